The van der Waals surface area contributed by atoms with E-state index < -0.39 is 6.29 Å². The van der Waals surface area contributed by atoms with Crippen LogP contribution in [0.15, 0.2) is 79.0 Å². The zero-order valence-corrected chi connectivity index (χ0v) is 22.9. The average Bonchev–Trinajstić information content (AvgIpc) is 3.67. The standard InChI is InChI=1S/C30H28N8O3/c1-4-41-30-32-25-17-23(24-12-8-9-15-31-24)26(29(39-2)40-3)33-28(25)38(30)18-19-13-14-21(20-10-6-5-7-11-20)22(16-19)27-34-36-37-35-27/h5-17,29H,4,18H2,1-3H3,(H,34,35,36,37). The molecule has 4 aromatic heterocycles. The molecule has 11 heteroatoms. The van der Waals surface area contributed by atoms with E-state index in [1.54, 1.807) is 20.4 Å². The predicted molar refractivity (Wildman–Crippen MR) is 153 cm³/mol. The molecule has 0 spiro atoms. The summed E-state index contributed by atoms with van der Waals surface area (Å²) in [7, 11) is 3.17. The van der Waals surface area contributed by atoms with Crippen LogP contribution in [-0.2, 0) is 16.0 Å². The van der Waals surface area contributed by atoms with E-state index in [4.69, 9.17) is 24.2 Å². The van der Waals surface area contributed by atoms with Gasteiger partial charge in [-0.2, -0.15) is 4.98 Å². The van der Waals surface area contributed by atoms with E-state index in [-0.39, 0.29) is 0 Å². The highest BCUT2D eigenvalue weighted by atomic mass is 16.7. The van der Waals surface area contributed by atoms with Crippen molar-refractivity contribution in [3.8, 4) is 39.8 Å². The van der Waals surface area contributed by atoms with Gasteiger partial charge in [0, 0.05) is 31.5 Å². The average molecular weight is 549 g/mol. The number of ether oxygens (including phenoxy) is 3. The SMILES string of the molecule is CCOc1nc2cc(-c3ccccn3)c(C(OC)OC)nc2n1Cc1ccc(-c2ccccc2)c(-c2nnn[nH]2)c1. The van der Waals surface area contributed by atoms with E-state index in [2.05, 4.69) is 55.9 Å². The van der Waals surface area contributed by atoms with Crippen molar-refractivity contribution < 1.29 is 14.2 Å². The number of pyridine rings is 2. The number of aromatic amines is 1. The van der Waals surface area contributed by atoms with E-state index in [9.17, 15) is 0 Å². The number of tetrazole rings is 1. The molecular weight excluding hydrogens is 520 g/mol. The van der Waals surface area contributed by atoms with E-state index in [1.807, 2.05) is 54.0 Å². The van der Waals surface area contributed by atoms with Crippen molar-refractivity contribution in [3.05, 3.63) is 90.3 Å². The summed E-state index contributed by atoms with van der Waals surface area (Å²) in [6.45, 7) is 2.82. The van der Waals surface area contributed by atoms with Gasteiger partial charge in [-0.15, -0.1) is 5.10 Å². The highest BCUT2D eigenvalue weighted by Gasteiger charge is 2.23. The van der Waals surface area contributed by atoms with Gasteiger partial charge in [-0.25, -0.2) is 10.1 Å². The number of imidazole rings is 1. The molecule has 2 aromatic carbocycles. The number of rotatable bonds is 10. The molecule has 0 atom stereocenters. The lowest BCUT2D eigenvalue weighted by atomic mass is 9.97. The van der Waals surface area contributed by atoms with Crippen molar-refractivity contribution in [1.29, 1.82) is 0 Å². The second kappa shape index (κ2) is 11.6. The Kier molecular flexibility index (Phi) is 7.44. The van der Waals surface area contributed by atoms with Gasteiger partial charge < -0.3 is 14.2 Å². The fraction of sp³-hybridized carbons (Fsp3) is 0.200. The summed E-state index contributed by atoms with van der Waals surface area (Å²) in [5.41, 5.74) is 7.36. The van der Waals surface area contributed by atoms with Crippen LogP contribution in [0.3, 0.4) is 0 Å². The van der Waals surface area contributed by atoms with Crippen molar-refractivity contribution in [3.63, 3.8) is 0 Å². The van der Waals surface area contributed by atoms with E-state index in [0.717, 1.165) is 33.5 Å². The summed E-state index contributed by atoms with van der Waals surface area (Å²) in [4.78, 5) is 14.4. The predicted octanol–water partition coefficient (Wildman–Crippen LogP) is 5.08. The fourth-order valence-electron chi connectivity index (χ4n) is 4.86. The van der Waals surface area contributed by atoms with Crippen LogP contribution < -0.4 is 4.74 Å². The van der Waals surface area contributed by atoms with Gasteiger partial charge >= 0.3 is 0 Å². The van der Waals surface area contributed by atoms with Gasteiger partial charge in [0.15, 0.2) is 11.5 Å². The van der Waals surface area contributed by atoms with Crippen LogP contribution in [0.25, 0.3) is 44.9 Å². The second-order valence-electron chi connectivity index (χ2n) is 9.19. The molecule has 1 N–H and O–H groups in total. The highest BCUT2D eigenvalue weighted by molar-refractivity contribution is 5.82. The molecule has 6 rings (SSSR count). The minimum absolute atomic E-state index is 0.440. The number of nitrogens with zero attached hydrogens (tertiary/aromatic N) is 7. The van der Waals surface area contributed by atoms with Crippen LogP contribution in [0.4, 0.5) is 0 Å². The maximum atomic E-state index is 5.98. The lowest BCUT2D eigenvalue weighted by Crippen LogP contribution is -2.11. The van der Waals surface area contributed by atoms with Crippen molar-refractivity contribution in [2.75, 3.05) is 20.8 Å². The molecular formula is C30H28N8O3. The van der Waals surface area contributed by atoms with E-state index in [1.165, 1.54) is 0 Å². The Morgan fingerprint density at radius 2 is 1.71 bits per heavy atom. The Morgan fingerprint density at radius 3 is 2.41 bits per heavy atom. The zero-order valence-electron chi connectivity index (χ0n) is 22.9. The third-order valence-corrected chi connectivity index (χ3v) is 6.69. The Hall–Kier alpha value is -5.00. The van der Waals surface area contributed by atoms with Crippen molar-refractivity contribution in [2.24, 2.45) is 0 Å². The number of benzene rings is 2. The molecule has 0 amide bonds. The summed E-state index contributed by atoms with van der Waals surface area (Å²) in [6.07, 6.45) is 1.04. The Morgan fingerprint density at radius 1 is 0.878 bits per heavy atom. The number of aromatic nitrogens is 8. The molecule has 0 saturated heterocycles. The highest BCUT2D eigenvalue weighted by Crippen LogP contribution is 2.34. The number of fused-ring (bicyclic) bond motifs is 1. The van der Waals surface area contributed by atoms with Crippen LogP contribution in [0.1, 0.15) is 24.5 Å². The van der Waals surface area contributed by atoms with Crippen LogP contribution >= 0.6 is 0 Å². The molecule has 4 heterocycles. The molecule has 0 radical (unpaired) electrons. The van der Waals surface area contributed by atoms with Gasteiger partial charge in [0.1, 0.15) is 11.2 Å². The first-order valence-electron chi connectivity index (χ1n) is 13.1. The molecule has 0 aliphatic rings. The maximum absolute atomic E-state index is 5.98. The number of hydrogen-bond donors (Lipinski definition) is 1. The third kappa shape index (κ3) is 5.15. The first-order chi connectivity index (χ1) is 20.2. The van der Waals surface area contributed by atoms with Gasteiger partial charge in [-0.3, -0.25) is 9.55 Å². The fourth-order valence-corrected chi connectivity index (χ4v) is 4.86. The number of hydrogen-bond acceptors (Lipinski definition) is 9. The van der Waals surface area contributed by atoms with Crippen molar-refractivity contribution in [2.45, 2.75) is 19.8 Å². The Balaban J connectivity index is 1.50. The minimum Gasteiger partial charge on any atom is -0.465 e. The van der Waals surface area contributed by atoms with Crippen LogP contribution in [0.5, 0.6) is 6.01 Å². The van der Waals surface area contributed by atoms with Crippen molar-refractivity contribution >= 4 is 11.2 Å². The smallest absolute Gasteiger partial charge is 0.298 e. The number of methoxy groups -OCH3 is 2. The van der Waals surface area contributed by atoms with Gasteiger partial charge in [0.05, 0.1) is 18.8 Å². The normalized spacial score (nSPS) is 11.4. The molecule has 0 bridgehead atoms. The molecule has 0 fully saturated rings. The van der Waals surface area contributed by atoms with Crippen LogP contribution in [-0.4, -0.2) is 61.0 Å². The number of nitrogens with one attached hydrogen (secondary N) is 1. The summed E-state index contributed by atoms with van der Waals surface area (Å²) >= 11 is 0. The maximum Gasteiger partial charge on any atom is 0.298 e. The molecule has 0 saturated carbocycles. The minimum atomic E-state index is -0.703. The van der Waals surface area contributed by atoms with Crippen LogP contribution in [0, 0.1) is 0 Å². The monoisotopic (exact) mass is 548 g/mol. The van der Waals surface area contributed by atoms with E-state index in [0.29, 0.717) is 41.8 Å². The lowest BCUT2D eigenvalue weighted by molar-refractivity contribution is -0.108. The molecule has 41 heavy (non-hydrogen) atoms. The number of H-pyrrole nitrogens is 1. The molecule has 0 aliphatic carbocycles. The van der Waals surface area contributed by atoms with Crippen LogP contribution in [0.2, 0.25) is 0 Å². The molecule has 11 nitrogen and oxygen atoms in total. The van der Waals surface area contributed by atoms with Gasteiger partial charge in [-0.1, -0.05) is 48.5 Å². The largest absolute Gasteiger partial charge is 0.465 e. The third-order valence-electron chi connectivity index (χ3n) is 6.69. The Bertz CT molecular complexity index is 1750. The summed E-state index contributed by atoms with van der Waals surface area (Å²) in [5.74, 6) is 0.578. The lowest BCUT2D eigenvalue weighted by Gasteiger charge is -2.17. The van der Waals surface area contributed by atoms with Crippen molar-refractivity contribution in [1.82, 2.24) is 40.1 Å². The second-order valence-corrected chi connectivity index (χ2v) is 9.19. The van der Waals surface area contributed by atoms with Gasteiger partial charge in [0.25, 0.3) is 6.01 Å². The first-order valence-corrected chi connectivity index (χ1v) is 13.1. The molecule has 206 valence electrons. The van der Waals surface area contributed by atoms with Gasteiger partial charge in [0.2, 0.25) is 6.29 Å². The summed E-state index contributed by atoms with van der Waals surface area (Å²) < 4.78 is 19.2. The first kappa shape index (κ1) is 26.2. The van der Waals surface area contributed by atoms with Gasteiger partial charge in [-0.05, 0) is 58.3 Å². The topological polar surface area (TPSA) is 126 Å². The molecule has 6 aromatic rings. The molecule has 0 aliphatic heterocycles. The molecule has 0 unspecified atom stereocenters. The Labute approximate surface area is 236 Å². The summed E-state index contributed by atoms with van der Waals surface area (Å²) in [6, 6.07) is 24.5. The quantitative estimate of drug-likeness (QED) is 0.233. The van der Waals surface area contributed by atoms with E-state index >= 15 is 0 Å². The zero-order chi connectivity index (χ0) is 28.2. The summed E-state index contributed by atoms with van der Waals surface area (Å²) in [5, 5.41) is 14.7.